The van der Waals surface area contributed by atoms with Gasteiger partial charge >= 0.3 is 0 Å². The van der Waals surface area contributed by atoms with Gasteiger partial charge in [-0.1, -0.05) is 58.9 Å². The zero-order valence-corrected chi connectivity index (χ0v) is 11.7. The average molecular weight is 232 g/mol. The Morgan fingerprint density at radius 3 is 2.12 bits per heavy atom. The molecule has 0 fully saturated rings. The molecule has 0 atom stereocenters. The summed E-state index contributed by atoms with van der Waals surface area (Å²) in [6, 6.07) is 8.10. The number of ketones is 1. The number of benzene rings is 1. The van der Waals surface area contributed by atoms with Crippen molar-refractivity contribution < 1.29 is 4.79 Å². The summed E-state index contributed by atoms with van der Waals surface area (Å²) in [6.07, 6.45) is 1.95. The van der Waals surface area contributed by atoms with Crippen molar-refractivity contribution in [1.82, 2.24) is 0 Å². The van der Waals surface area contributed by atoms with Crippen LogP contribution in [0.1, 0.15) is 57.0 Å². The maximum absolute atomic E-state index is 12.2. The number of hydrogen-bond donors (Lipinski definition) is 0. The van der Waals surface area contributed by atoms with E-state index in [4.69, 9.17) is 0 Å². The van der Waals surface area contributed by atoms with Gasteiger partial charge < -0.3 is 0 Å². The smallest absolute Gasteiger partial charge is 0.168 e. The van der Waals surface area contributed by atoms with Crippen LogP contribution in [0.2, 0.25) is 0 Å². The minimum Gasteiger partial charge on any atom is -0.294 e. The second-order valence-corrected chi connectivity index (χ2v) is 5.86. The highest BCUT2D eigenvalue weighted by Crippen LogP contribution is 2.25. The van der Waals surface area contributed by atoms with Gasteiger partial charge in [-0.3, -0.25) is 4.79 Å². The fraction of sp³-hybridized carbons (Fsp3) is 0.562. The first-order valence-corrected chi connectivity index (χ1v) is 6.50. The molecule has 0 aliphatic heterocycles. The van der Waals surface area contributed by atoms with Gasteiger partial charge in [-0.25, -0.2) is 0 Å². The van der Waals surface area contributed by atoms with Crippen LogP contribution in [0.3, 0.4) is 0 Å². The Hall–Kier alpha value is -1.11. The van der Waals surface area contributed by atoms with Crippen LogP contribution in [0.25, 0.3) is 0 Å². The molecule has 1 aromatic carbocycles. The Balaban J connectivity index is 2.84. The molecular formula is C16H24O. The quantitative estimate of drug-likeness (QED) is 0.683. The van der Waals surface area contributed by atoms with E-state index in [2.05, 4.69) is 32.9 Å². The van der Waals surface area contributed by atoms with E-state index in [1.807, 2.05) is 26.0 Å². The van der Waals surface area contributed by atoms with Gasteiger partial charge in [-0.05, 0) is 24.3 Å². The van der Waals surface area contributed by atoms with Gasteiger partial charge in [0.15, 0.2) is 5.78 Å². The number of carbonyl (C=O) groups excluding carboxylic acids is 1. The second kappa shape index (κ2) is 5.48. The fourth-order valence-corrected chi connectivity index (χ4v) is 1.81. The Morgan fingerprint density at radius 2 is 1.71 bits per heavy atom. The first-order chi connectivity index (χ1) is 7.86. The van der Waals surface area contributed by atoms with Crippen LogP contribution in [0, 0.1) is 11.3 Å². The van der Waals surface area contributed by atoms with Crippen LogP contribution in [-0.4, -0.2) is 5.78 Å². The zero-order valence-electron chi connectivity index (χ0n) is 11.7. The number of hydrogen-bond acceptors (Lipinski definition) is 1. The van der Waals surface area contributed by atoms with Gasteiger partial charge in [0.1, 0.15) is 0 Å². The largest absolute Gasteiger partial charge is 0.294 e. The van der Waals surface area contributed by atoms with Crippen molar-refractivity contribution in [3.63, 3.8) is 0 Å². The van der Waals surface area contributed by atoms with E-state index in [1.54, 1.807) is 0 Å². The molecule has 1 nitrogen and oxygen atoms in total. The van der Waals surface area contributed by atoms with Crippen molar-refractivity contribution in [3.8, 4) is 0 Å². The topological polar surface area (TPSA) is 17.1 Å². The van der Waals surface area contributed by atoms with Gasteiger partial charge in [-0.2, -0.15) is 0 Å². The van der Waals surface area contributed by atoms with E-state index in [-0.39, 0.29) is 11.2 Å². The minimum atomic E-state index is -0.250. The monoisotopic (exact) mass is 232 g/mol. The molecule has 1 rings (SSSR count). The van der Waals surface area contributed by atoms with Gasteiger partial charge in [0.25, 0.3) is 0 Å². The molecule has 0 aliphatic carbocycles. The van der Waals surface area contributed by atoms with E-state index >= 15 is 0 Å². The Bertz CT molecular complexity index is 371. The summed E-state index contributed by atoms with van der Waals surface area (Å²) >= 11 is 0. The van der Waals surface area contributed by atoms with Crippen molar-refractivity contribution in [1.29, 1.82) is 0 Å². The van der Waals surface area contributed by atoms with E-state index in [0.717, 1.165) is 18.4 Å². The lowest BCUT2D eigenvalue weighted by molar-refractivity contribution is 0.0833. The molecule has 94 valence electrons. The fourth-order valence-electron chi connectivity index (χ4n) is 1.81. The van der Waals surface area contributed by atoms with Gasteiger partial charge in [0, 0.05) is 11.0 Å². The third-order valence-electron chi connectivity index (χ3n) is 3.36. The summed E-state index contributed by atoms with van der Waals surface area (Å²) in [5, 5.41) is 0. The Labute approximate surface area is 105 Å². The predicted octanol–water partition coefficient (Wildman–Crippen LogP) is 4.50. The molecule has 0 amide bonds. The van der Waals surface area contributed by atoms with Crippen molar-refractivity contribution >= 4 is 5.78 Å². The normalized spacial score (nSPS) is 11.9. The lowest BCUT2D eigenvalue weighted by Gasteiger charge is -2.21. The van der Waals surface area contributed by atoms with Crippen LogP contribution in [0.5, 0.6) is 0 Å². The van der Waals surface area contributed by atoms with Crippen LogP contribution in [0.4, 0.5) is 0 Å². The standard InChI is InChI=1S/C16H24O/c1-6-16(4,5)15(17)14-9-7-13(8-10-14)11-12(2)3/h7-10,12H,6,11H2,1-5H3. The zero-order chi connectivity index (χ0) is 13.1. The van der Waals surface area contributed by atoms with Crippen LogP contribution in [0.15, 0.2) is 24.3 Å². The van der Waals surface area contributed by atoms with Gasteiger partial charge in [0.2, 0.25) is 0 Å². The maximum atomic E-state index is 12.2. The molecule has 0 radical (unpaired) electrons. The number of rotatable bonds is 5. The summed E-state index contributed by atoms with van der Waals surface area (Å²) in [7, 11) is 0. The molecule has 0 unspecified atom stereocenters. The lowest BCUT2D eigenvalue weighted by atomic mass is 9.82. The molecule has 0 spiro atoms. The number of carbonyl (C=O) groups is 1. The van der Waals surface area contributed by atoms with Crippen molar-refractivity contribution in [2.75, 3.05) is 0 Å². The molecule has 1 heteroatoms. The third-order valence-corrected chi connectivity index (χ3v) is 3.36. The highest BCUT2D eigenvalue weighted by atomic mass is 16.1. The highest BCUT2D eigenvalue weighted by Gasteiger charge is 2.26. The SMILES string of the molecule is CCC(C)(C)C(=O)c1ccc(CC(C)C)cc1. The molecule has 0 saturated carbocycles. The summed E-state index contributed by atoms with van der Waals surface area (Å²) in [6.45, 7) is 10.5. The van der Waals surface area contributed by atoms with E-state index in [0.29, 0.717) is 5.92 Å². The molecule has 17 heavy (non-hydrogen) atoms. The predicted molar refractivity (Wildman–Crippen MR) is 73.4 cm³/mol. The molecular weight excluding hydrogens is 208 g/mol. The third kappa shape index (κ3) is 3.69. The average Bonchev–Trinajstić information content (AvgIpc) is 2.28. The molecule has 0 aliphatic rings. The van der Waals surface area contributed by atoms with Gasteiger partial charge in [0.05, 0.1) is 0 Å². The first kappa shape index (κ1) is 14.0. The lowest BCUT2D eigenvalue weighted by Crippen LogP contribution is -2.23. The maximum Gasteiger partial charge on any atom is 0.168 e. The van der Waals surface area contributed by atoms with Crippen molar-refractivity contribution in [2.45, 2.75) is 47.5 Å². The van der Waals surface area contributed by atoms with Gasteiger partial charge in [-0.15, -0.1) is 0 Å². The molecule has 0 bridgehead atoms. The summed E-state index contributed by atoms with van der Waals surface area (Å²) in [5.74, 6) is 0.903. The van der Waals surface area contributed by atoms with E-state index in [9.17, 15) is 4.79 Å². The summed E-state index contributed by atoms with van der Waals surface area (Å²) in [4.78, 5) is 12.2. The number of Topliss-reactive ketones (excluding diaryl/α,β-unsaturated/α-hetero) is 1. The Kier molecular flexibility index (Phi) is 4.50. The molecule has 0 heterocycles. The van der Waals surface area contributed by atoms with Crippen molar-refractivity contribution in [3.05, 3.63) is 35.4 Å². The van der Waals surface area contributed by atoms with Crippen LogP contribution < -0.4 is 0 Å². The molecule has 1 aromatic rings. The first-order valence-electron chi connectivity index (χ1n) is 6.50. The second-order valence-electron chi connectivity index (χ2n) is 5.86. The molecule has 0 N–H and O–H groups in total. The summed E-state index contributed by atoms with van der Waals surface area (Å²) in [5.41, 5.74) is 1.90. The van der Waals surface area contributed by atoms with E-state index in [1.165, 1.54) is 5.56 Å². The van der Waals surface area contributed by atoms with Crippen LogP contribution >= 0.6 is 0 Å². The van der Waals surface area contributed by atoms with Crippen LogP contribution in [-0.2, 0) is 6.42 Å². The molecule has 0 aromatic heterocycles. The van der Waals surface area contributed by atoms with E-state index < -0.39 is 0 Å². The minimum absolute atomic E-state index is 0.246. The Morgan fingerprint density at radius 1 is 1.18 bits per heavy atom. The summed E-state index contributed by atoms with van der Waals surface area (Å²) < 4.78 is 0. The highest BCUT2D eigenvalue weighted by molar-refractivity contribution is 6.00. The van der Waals surface area contributed by atoms with Crippen molar-refractivity contribution in [2.24, 2.45) is 11.3 Å². The molecule has 0 saturated heterocycles.